The van der Waals surface area contributed by atoms with Crippen molar-refractivity contribution in [3.05, 3.63) is 53.6 Å². The number of rotatable bonds is 7. The first-order chi connectivity index (χ1) is 13.9. The van der Waals surface area contributed by atoms with Crippen molar-refractivity contribution >= 4 is 50.3 Å². The van der Waals surface area contributed by atoms with Gasteiger partial charge in [0.25, 0.3) is 10.0 Å². The van der Waals surface area contributed by atoms with E-state index >= 15 is 0 Å². The third-order valence-electron chi connectivity index (χ3n) is 4.32. The van der Waals surface area contributed by atoms with Crippen LogP contribution in [0.3, 0.4) is 0 Å². The normalized spacial score (nSPS) is 14.9. The molecular formula is C19H23ClN4O3S2. The Morgan fingerprint density at radius 2 is 1.83 bits per heavy atom. The van der Waals surface area contributed by atoms with Crippen molar-refractivity contribution in [1.29, 1.82) is 0 Å². The summed E-state index contributed by atoms with van der Waals surface area (Å²) in [6.07, 6.45) is 0. The molecule has 0 aromatic heterocycles. The molecule has 2 aromatic carbocycles. The van der Waals surface area contributed by atoms with Crippen LogP contribution in [0.2, 0.25) is 5.02 Å². The van der Waals surface area contributed by atoms with E-state index < -0.39 is 10.0 Å². The summed E-state index contributed by atoms with van der Waals surface area (Å²) in [7, 11) is -3.70. The van der Waals surface area contributed by atoms with Crippen LogP contribution in [-0.2, 0) is 14.8 Å². The van der Waals surface area contributed by atoms with E-state index in [0.29, 0.717) is 21.5 Å². The van der Waals surface area contributed by atoms with Crippen LogP contribution in [0.1, 0.15) is 0 Å². The van der Waals surface area contributed by atoms with Gasteiger partial charge in [-0.05, 0) is 54.7 Å². The van der Waals surface area contributed by atoms with Crippen molar-refractivity contribution in [2.75, 3.05) is 49.4 Å². The maximum absolute atomic E-state index is 12.5. The average molecular weight is 455 g/mol. The Labute approximate surface area is 181 Å². The zero-order valence-electron chi connectivity index (χ0n) is 15.7. The van der Waals surface area contributed by atoms with E-state index in [4.69, 9.17) is 28.6 Å². The molecule has 1 aliphatic rings. The van der Waals surface area contributed by atoms with Crippen LogP contribution in [0.5, 0.6) is 0 Å². The third kappa shape index (κ3) is 6.83. The quantitative estimate of drug-likeness (QED) is 0.555. The molecule has 1 saturated heterocycles. The van der Waals surface area contributed by atoms with Gasteiger partial charge in [0, 0.05) is 36.9 Å². The van der Waals surface area contributed by atoms with Crippen LogP contribution in [0.15, 0.2) is 53.4 Å². The lowest BCUT2D eigenvalue weighted by molar-refractivity contribution is 0.0389. The number of sulfonamides is 1. The summed E-state index contributed by atoms with van der Waals surface area (Å²) in [5, 5.41) is 7.17. The molecule has 7 nitrogen and oxygen atoms in total. The summed E-state index contributed by atoms with van der Waals surface area (Å²) in [5.41, 5.74) is 1.11. The van der Waals surface area contributed by atoms with Crippen LogP contribution < -0.4 is 15.4 Å². The molecular weight excluding hydrogens is 432 g/mol. The van der Waals surface area contributed by atoms with Crippen molar-refractivity contribution in [3.63, 3.8) is 0 Å². The molecule has 29 heavy (non-hydrogen) atoms. The standard InChI is InChI=1S/C19H23ClN4O3S2/c20-15-2-1-3-17(14-15)23-29(25,26)18-6-4-16(5-7-18)22-19(28)21-8-9-24-10-12-27-13-11-24/h1-7,14,23H,8-13H2,(H2,21,22,28). The SMILES string of the molecule is O=S(=O)(Nc1cccc(Cl)c1)c1ccc(NC(=S)NCCN2CCOCC2)cc1. The van der Waals surface area contributed by atoms with E-state index in [2.05, 4.69) is 20.3 Å². The van der Waals surface area contributed by atoms with Gasteiger partial charge in [0.15, 0.2) is 5.11 Å². The number of morpholine rings is 1. The van der Waals surface area contributed by atoms with E-state index in [9.17, 15) is 8.42 Å². The maximum atomic E-state index is 12.5. The van der Waals surface area contributed by atoms with Gasteiger partial charge in [-0.25, -0.2) is 8.42 Å². The molecule has 0 atom stereocenters. The van der Waals surface area contributed by atoms with Gasteiger partial charge in [0.1, 0.15) is 0 Å². The van der Waals surface area contributed by atoms with Crippen LogP contribution in [0.25, 0.3) is 0 Å². The van der Waals surface area contributed by atoms with Gasteiger partial charge in [0.2, 0.25) is 0 Å². The highest BCUT2D eigenvalue weighted by Gasteiger charge is 2.14. The van der Waals surface area contributed by atoms with Crippen molar-refractivity contribution in [1.82, 2.24) is 10.2 Å². The number of thiocarbonyl (C=S) groups is 1. The minimum atomic E-state index is -3.70. The number of hydrogen-bond donors (Lipinski definition) is 3. The molecule has 3 rings (SSSR count). The number of halogens is 1. The van der Waals surface area contributed by atoms with Crippen molar-refractivity contribution in [2.45, 2.75) is 4.90 Å². The van der Waals surface area contributed by atoms with Crippen LogP contribution in [0.4, 0.5) is 11.4 Å². The number of nitrogens with one attached hydrogen (secondary N) is 3. The lowest BCUT2D eigenvalue weighted by Gasteiger charge is -2.26. The summed E-state index contributed by atoms with van der Waals surface area (Å²) < 4.78 is 32.9. The van der Waals surface area contributed by atoms with Crippen LogP contribution in [-0.4, -0.2) is 57.8 Å². The van der Waals surface area contributed by atoms with Gasteiger partial charge in [-0.1, -0.05) is 17.7 Å². The predicted octanol–water partition coefficient (Wildman–Crippen LogP) is 2.76. The van der Waals surface area contributed by atoms with Crippen LogP contribution >= 0.6 is 23.8 Å². The number of anilines is 2. The van der Waals surface area contributed by atoms with E-state index in [0.717, 1.165) is 39.4 Å². The first-order valence-electron chi connectivity index (χ1n) is 9.16. The van der Waals surface area contributed by atoms with E-state index in [-0.39, 0.29) is 4.90 Å². The first-order valence-corrected chi connectivity index (χ1v) is 11.4. The molecule has 0 unspecified atom stereocenters. The second-order valence-electron chi connectivity index (χ2n) is 6.48. The molecule has 3 N–H and O–H groups in total. The summed E-state index contributed by atoms with van der Waals surface area (Å²) >= 11 is 11.2. The summed E-state index contributed by atoms with van der Waals surface area (Å²) in [6.45, 7) is 5.01. The Kier molecular flexibility index (Phi) is 7.68. The van der Waals surface area contributed by atoms with Gasteiger partial charge in [-0.15, -0.1) is 0 Å². The number of benzene rings is 2. The lowest BCUT2D eigenvalue weighted by atomic mass is 10.3. The molecule has 0 radical (unpaired) electrons. The van der Waals surface area contributed by atoms with Gasteiger partial charge in [0.05, 0.1) is 23.8 Å². The lowest BCUT2D eigenvalue weighted by Crippen LogP contribution is -2.42. The Morgan fingerprint density at radius 3 is 2.52 bits per heavy atom. The Balaban J connectivity index is 1.50. The summed E-state index contributed by atoms with van der Waals surface area (Å²) in [5.74, 6) is 0. The molecule has 156 valence electrons. The molecule has 1 aliphatic heterocycles. The van der Waals surface area contributed by atoms with Gasteiger partial charge < -0.3 is 15.4 Å². The molecule has 10 heteroatoms. The Hall–Kier alpha value is -1.91. The summed E-state index contributed by atoms with van der Waals surface area (Å²) in [4.78, 5) is 2.46. The molecule has 2 aromatic rings. The van der Waals surface area contributed by atoms with E-state index in [1.54, 1.807) is 36.4 Å². The van der Waals surface area contributed by atoms with E-state index in [1.165, 1.54) is 12.1 Å². The fraction of sp³-hybridized carbons (Fsp3) is 0.316. The monoisotopic (exact) mass is 454 g/mol. The molecule has 1 heterocycles. The highest BCUT2D eigenvalue weighted by molar-refractivity contribution is 7.92. The highest BCUT2D eigenvalue weighted by Crippen LogP contribution is 2.20. The molecule has 0 spiro atoms. The van der Waals surface area contributed by atoms with Crippen molar-refractivity contribution < 1.29 is 13.2 Å². The predicted molar refractivity (Wildman–Crippen MR) is 120 cm³/mol. The fourth-order valence-corrected chi connectivity index (χ4v) is 4.27. The van der Waals surface area contributed by atoms with Crippen molar-refractivity contribution in [2.24, 2.45) is 0 Å². The molecule has 0 saturated carbocycles. The van der Waals surface area contributed by atoms with Gasteiger partial charge in [-0.2, -0.15) is 0 Å². The average Bonchev–Trinajstić information content (AvgIpc) is 2.69. The fourth-order valence-electron chi connectivity index (χ4n) is 2.81. The van der Waals surface area contributed by atoms with Gasteiger partial charge in [-0.3, -0.25) is 9.62 Å². The van der Waals surface area contributed by atoms with Gasteiger partial charge >= 0.3 is 0 Å². The topological polar surface area (TPSA) is 82.7 Å². The minimum Gasteiger partial charge on any atom is -0.379 e. The smallest absolute Gasteiger partial charge is 0.261 e. The second kappa shape index (κ2) is 10.2. The largest absolute Gasteiger partial charge is 0.379 e. The van der Waals surface area contributed by atoms with Crippen molar-refractivity contribution in [3.8, 4) is 0 Å². The van der Waals surface area contributed by atoms with Crippen LogP contribution in [0, 0.1) is 0 Å². The zero-order chi connectivity index (χ0) is 20.7. The number of ether oxygens (including phenoxy) is 1. The Morgan fingerprint density at radius 1 is 1.10 bits per heavy atom. The van der Waals surface area contributed by atoms with E-state index in [1.807, 2.05) is 0 Å². The summed E-state index contributed by atoms with van der Waals surface area (Å²) in [6, 6.07) is 12.9. The number of hydrogen-bond acceptors (Lipinski definition) is 5. The molecule has 0 bridgehead atoms. The zero-order valence-corrected chi connectivity index (χ0v) is 18.1. The minimum absolute atomic E-state index is 0.147. The third-order valence-corrected chi connectivity index (χ3v) is 6.20. The second-order valence-corrected chi connectivity index (χ2v) is 9.00. The first kappa shape index (κ1) is 21.8. The highest BCUT2D eigenvalue weighted by atomic mass is 35.5. The Bertz CT molecular complexity index is 933. The molecule has 0 amide bonds. The number of nitrogens with zero attached hydrogens (tertiary/aromatic N) is 1. The molecule has 0 aliphatic carbocycles. The maximum Gasteiger partial charge on any atom is 0.261 e. The molecule has 1 fully saturated rings.